The van der Waals surface area contributed by atoms with E-state index < -0.39 is 0 Å². The Morgan fingerprint density at radius 2 is 1.62 bits per heavy atom. The van der Waals surface area contributed by atoms with E-state index >= 15 is 0 Å². The zero-order chi connectivity index (χ0) is 12.2. The predicted molar refractivity (Wildman–Crippen MR) is 65.8 cm³/mol. The molecule has 0 heterocycles. The van der Waals surface area contributed by atoms with Gasteiger partial charge in [0, 0.05) is 13.0 Å². The molecule has 0 fully saturated rings. The maximum Gasteiger partial charge on any atom is 0.245 e. The van der Waals surface area contributed by atoms with Crippen LogP contribution in [0.4, 0.5) is 0 Å². The van der Waals surface area contributed by atoms with Gasteiger partial charge in [-0.3, -0.25) is 4.79 Å². The summed E-state index contributed by atoms with van der Waals surface area (Å²) < 4.78 is 0. The lowest BCUT2D eigenvalue weighted by Crippen LogP contribution is -2.25. The maximum atomic E-state index is 11.4. The van der Waals surface area contributed by atoms with Crippen molar-refractivity contribution in [1.29, 1.82) is 0 Å². The van der Waals surface area contributed by atoms with E-state index in [2.05, 4.69) is 12.2 Å². The van der Waals surface area contributed by atoms with Crippen LogP contribution in [0.1, 0.15) is 65.2 Å². The van der Waals surface area contributed by atoms with E-state index in [4.69, 9.17) is 0 Å². The van der Waals surface area contributed by atoms with E-state index in [0.29, 0.717) is 13.0 Å². The van der Waals surface area contributed by atoms with Crippen LogP contribution in [-0.4, -0.2) is 17.5 Å². The molecule has 4 nitrogen and oxygen atoms in total. The van der Waals surface area contributed by atoms with Gasteiger partial charge in [-0.15, -0.1) is 4.91 Å². The summed E-state index contributed by atoms with van der Waals surface area (Å²) in [6.07, 6.45) is 8.07. The molecule has 0 spiro atoms. The number of carbonyl (C=O) groups is 1. The van der Waals surface area contributed by atoms with Crippen LogP contribution in [0.25, 0.3) is 0 Å². The van der Waals surface area contributed by atoms with Gasteiger partial charge in [-0.1, -0.05) is 46.0 Å². The second-order valence-corrected chi connectivity index (χ2v) is 4.12. The van der Waals surface area contributed by atoms with Crippen LogP contribution < -0.4 is 0 Å². The predicted octanol–water partition coefficient (Wildman–Crippen LogP) is 3.66. The maximum absolute atomic E-state index is 11.4. The summed E-state index contributed by atoms with van der Waals surface area (Å²) in [7, 11) is 0. The van der Waals surface area contributed by atoms with Gasteiger partial charge in [-0.2, -0.15) is 5.01 Å². The Hall–Kier alpha value is -0.930. The summed E-state index contributed by atoms with van der Waals surface area (Å²) in [5.41, 5.74) is 0. The molecular formula is C12H24N2O2. The number of unbranched alkanes of at least 4 members (excludes halogenated alkanes) is 5. The highest BCUT2D eigenvalue weighted by Crippen LogP contribution is 2.07. The van der Waals surface area contributed by atoms with Crippen LogP contribution in [0.15, 0.2) is 5.29 Å². The van der Waals surface area contributed by atoms with Crippen LogP contribution in [0, 0.1) is 4.91 Å². The van der Waals surface area contributed by atoms with E-state index in [1.165, 1.54) is 25.7 Å². The third-order valence-electron chi connectivity index (χ3n) is 2.57. The van der Waals surface area contributed by atoms with Crippen molar-refractivity contribution in [1.82, 2.24) is 5.01 Å². The molecule has 0 bridgehead atoms. The third kappa shape index (κ3) is 7.37. The SMILES string of the molecule is CCCCCCCCN(N=O)C(=O)CCC. The van der Waals surface area contributed by atoms with Crippen LogP contribution in [0.2, 0.25) is 0 Å². The molecule has 0 aromatic heterocycles. The van der Waals surface area contributed by atoms with Gasteiger partial charge in [0.05, 0.1) is 5.29 Å². The molecule has 0 aliphatic carbocycles. The van der Waals surface area contributed by atoms with Crippen molar-refractivity contribution in [3.63, 3.8) is 0 Å². The molecule has 0 atom stereocenters. The van der Waals surface area contributed by atoms with E-state index in [-0.39, 0.29) is 5.91 Å². The van der Waals surface area contributed by atoms with E-state index in [9.17, 15) is 9.70 Å². The normalized spacial score (nSPS) is 10.1. The monoisotopic (exact) mass is 228 g/mol. The molecule has 0 saturated heterocycles. The summed E-state index contributed by atoms with van der Waals surface area (Å²) in [6.45, 7) is 4.58. The highest BCUT2D eigenvalue weighted by atomic mass is 16.3. The van der Waals surface area contributed by atoms with Gasteiger partial charge in [-0.25, -0.2) is 0 Å². The number of hydrogen-bond donors (Lipinski definition) is 0. The lowest BCUT2D eigenvalue weighted by Gasteiger charge is -2.12. The van der Waals surface area contributed by atoms with Crippen LogP contribution >= 0.6 is 0 Å². The minimum Gasteiger partial charge on any atom is -0.273 e. The van der Waals surface area contributed by atoms with Gasteiger partial charge in [0.2, 0.25) is 5.91 Å². The van der Waals surface area contributed by atoms with Crippen molar-refractivity contribution in [2.45, 2.75) is 65.2 Å². The number of hydrogen-bond acceptors (Lipinski definition) is 3. The smallest absolute Gasteiger partial charge is 0.245 e. The summed E-state index contributed by atoms with van der Waals surface area (Å²) in [5.74, 6) is -0.147. The van der Waals surface area contributed by atoms with Crippen molar-refractivity contribution in [2.24, 2.45) is 5.29 Å². The molecule has 0 N–H and O–H groups in total. The van der Waals surface area contributed by atoms with Gasteiger partial charge in [0.1, 0.15) is 0 Å². The third-order valence-corrected chi connectivity index (χ3v) is 2.57. The fourth-order valence-electron chi connectivity index (χ4n) is 1.60. The molecular weight excluding hydrogens is 204 g/mol. The Morgan fingerprint density at radius 3 is 2.19 bits per heavy atom. The molecule has 0 aliphatic rings. The molecule has 94 valence electrons. The molecule has 16 heavy (non-hydrogen) atoms. The fourth-order valence-corrected chi connectivity index (χ4v) is 1.60. The van der Waals surface area contributed by atoms with Gasteiger partial charge in [-0.05, 0) is 12.8 Å². The first kappa shape index (κ1) is 15.1. The number of nitrogens with zero attached hydrogens (tertiary/aromatic N) is 2. The molecule has 0 unspecified atom stereocenters. The highest BCUT2D eigenvalue weighted by molar-refractivity contribution is 5.75. The lowest BCUT2D eigenvalue weighted by molar-refractivity contribution is -0.131. The second-order valence-electron chi connectivity index (χ2n) is 4.12. The lowest BCUT2D eigenvalue weighted by atomic mass is 10.1. The Kier molecular flexibility index (Phi) is 9.97. The topological polar surface area (TPSA) is 49.7 Å². The quantitative estimate of drug-likeness (QED) is 0.325. The molecule has 0 aromatic rings. The van der Waals surface area contributed by atoms with Crippen LogP contribution in [0.5, 0.6) is 0 Å². The number of nitroso groups, excluding NO2 is 1. The summed E-state index contributed by atoms with van der Waals surface area (Å²) in [4.78, 5) is 21.8. The van der Waals surface area contributed by atoms with E-state index in [1.807, 2.05) is 6.92 Å². The van der Waals surface area contributed by atoms with Crippen molar-refractivity contribution in [3.8, 4) is 0 Å². The summed E-state index contributed by atoms with van der Waals surface area (Å²) in [5, 5.41) is 3.85. The molecule has 0 aliphatic heterocycles. The zero-order valence-electron chi connectivity index (χ0n) is 10.6. The Labute approximate surface area is 98.3 Å². The van der Waals surface area contributed by atoms with Crippen molar-refractivity contribution in [2.75, 3.05) is 6.54 Å². The minimum absolute atomic E-state index is 0.147. The molecule has 4 heteroatoms. The Balaban J connectivity index is 3.55. The number of amides is 1. The molecule has 0 radical (unpaired) electrons. The average Bonchev–Trinajstić information content (AvgIpc) is 2.28. The first-order chi connectivity index (χ1) is 7.76. The van der Waals surface area contributed by atoms with Gasteiger partial charge in [0.25, 0.3) is 0 Å². The Morgan fingerprint density at radius 1 is 1.00 bits per heavy atom. The molecule has 0 rings (SSSR count). The first-order valence-electron chi connectivity index (χ1n) is 6.39. The average molecular weight is 228 g/mol. The number of rotatable bonds is 10. The molecule has 1 amide bonds. The summed E-state index contributed by atoms with van der Waals surface area (Å²) in [6, 6.07) is 0. The molecule has 0 saturated carbocycles. The highest BCUT2D eigenvalue weighted by Gasteiger charge is 2.11. The van der Waals surface area contributed by atoms with Gasteiger partial charge >= 0.3 is 0 Å². The van der Waals surface area contributed by atoms with E-state index in [0.717, 1.165) is 24.3 Å². The summed E-state index contributed by atoms with van der Waals surface area (Å²) >= 11 is 0. The fraction of sp³-hybridized carbons (Fsp3) is 0.917. The van der Waals surface area contributed by atoms with Gasteiger partial charge < -0.3 is 0 Å². The van der Waals surface area contributed by atoms with Gasteiger partial charge in [0.15, 0.2) is 0 Å². The zero-order valence-corrected chi connectivity index (χ0v) is 10.6. The van der Waals surface area contributed by atoms with E-state index in [1.54, 1.807) is 0 Å². The van der Waals surface area contributed by atoms with Crippen molar-refractivity contribution >= 4 is 5.91 Å². The molecule has 0 aromatic carbocycles. The largest absolute Gasteiger partial charge is 0.273 e. The minimum atomic E-state index is -0.147. The van der Waals surface area contributed by atoms with Crippen molar-refractivity contribution in [3.05, 3.63) is 4.91 Å². The van der Waals surface area contributed by atoms with Crippen molar-refractivity contribution < 1.29 is 4.79 Å². The Bertz CT molecular complexity index is 195. The number of carbonyl (C=O) groups excluding carboxylic acids is 1. The standard InChI is InChI=1S/C12H24N2O2/c1-3-5-6-7-8-9-11-14(13-16)12(15)10-4-2/h3-11H2,1-2H3. The second kappa shape index (κ2) is 10.6. The van der Waals surface area contributed by atoms with Crippen LogP contribution in [-0.2, 0) is 4.79 Å². The first-order valence-corrected chi connectivity index (χ1v) is 6.39. The van der Waals surface area contributed by atoms with Crippen LogP contribution in [0.3, 0.4) is 0 Å².